The van der Waals surface area contributed by atoms with Crippen LogP contribution in [0, 0.1) is 5.92 Å². The lowest BCUT2D eigenvalue weighted by atomic mass is 9.91. The summed E-state index contributed by atoms with van der Waals surface area (Å²) in [6, 6.07) is 1.83. The molecule has 2 atom stereocenters. The van der Waals surface area contributed by atoms with Gasteiger partial charge in [-0.1, -0.05) is 6.58 Å². The number of H-pyrrole nitrogens is 1. The van der Waals surface area contributed by atoms with Gasteiger partial charge in [-0.25, -0.2) is 9.97 Å². The number of aromatic amines is 1. The Kier molecular flexibility index (Phi) is 3.89. The number of anilines is 1. The second kappa shape index (κ2) is 6.00. The summed E-state index contributed by atoms with van der Waals surface area (Å²) in [5, 5.41) is 0.872. The fraction of sp³-hybridized carbons (Fsp3) is 0.471. The van der Waals surface area contributed by atoms with Gasteiger partial charge in [-0.05, 0) is 24.8 Å². The molecule has 0 radical (unpaired) electrons. The van der Waals surface area contributed by atoms with Crippen LogP contribution in [0.4, 0.5) is 19.0 Å². The van der Waals surface area contributed by atoms with Crippen LogP contribution >= 0.6 is 0 Å². The molecule has 6 nitrogen and oxygen atoms in total. The first-order chi connectivity index (χ1) is 12.4. The highest BCUT2D eigenvalue weighted by molar-refractivity contribution is 5.94. The first-order valence-electron chi connectivity index (χ1n) is 8.46. The van der Waals surface area contributed by atoms with E-state index in [0.717, 1.165) is 24.2 Å². The van der Waals surface area contributed by atoms with E-state index in [4.69, 9.17) is 0 Å². The molecular weight excluding hydrogens is 347 g/mol. The molecule has 0 aromatic carbocycles. The Labute approximate surface area is 147 Å². The van der Waals surface area contributed by atoms with Crippen molar-refractivity contribution in [2.75, 3.05) is 24.5 Å². The number of halogens is 3. The van der Waals surface area contributed by atoms with Crippen LogP contribution in [-0.2, 0) is 4.79 Å². The molecule has 138 valence electrons. The molecule has 0 saturated carbocycles. The highest BCUT2D eigenvalue weighted by Gasteiger charge is 2.44. The first-order valence-corrected chi connectivity index (χ1v) is 8.46. The van der Waals surface area contributed by atoms with E-state index in [9.17, 15) is 18.0 Å². The standard InChI is InChI=1S/C17H18F3N5O/c1-10(17(18,19)20)16(26)24-6-3-11-4-7-25(13(11)8-24)15-12-2-5-21-14(12)22-9-23-15/h2,5,9,11,13H,1,3-4,6-8H2,(H,21,22,23)/t11-,13+/m0/s1. The van der Waals surface area contributed by atoms with Gasteiger partial charge in [-0.2, -0.15) is 13.2 Å². The molecule has 9 heteroatoms. The SMILES string of the molecule is C=C(C(=O)N1CC[C@H]2CCN(c3ncnc4[nH]ccc34)[C@@H]2C1)C(F)(F)F. The van der Waals surface area contributed by atoms with Crippen LogP contribution in [0.5, 0.6) is 0 Å². The van der Waals surface area contributed by atoms with E-state index in [0.29, 0.717) is 24.5 Å². The number of hydrogen-bond donors (Lipinski definition) is 1. The predicted molar refractivity (Wildman–Crippen MR) is 89.5 cm³/mol. The number of nitrogens with one attached hydrogen (secondary N) is 1. The highest BCUT2D eigenvalue weighted by Crippen LogP contribution is 2.37. The van der Waals surface area contributed by atoms with Crippen molar-refractivity contribution in [1.29, 1.82) is 0 Å². The lowest BCUT2D eigenvalue weighted by Gasteiger charge is -2.39. The van der Waals surface area contributed by atoms with Gasteiger partial charge in [0.2, 0.25) is 0 Å². The zero-order chi connectivity index (χ0) is 18.5. The average molecular weight is 365 g/mol. The Bertz CT molecular complexity index is 861. The Hall–Kier alpha value is -2.58. The summed E-state index contributed by atoms with van der Waals surface area (Å²) in [5.74, 6) is 0.0622. The zero-order valence-electron chi connectivity index (χ0n) is 14.0. The van der Waals surface area contributed by atoms with Gasteiger partial charge in [0.15, 0.2) is 0 Å². The van der Waals surface area contributed by atoms with Gasteiger partial charge in [0.1, 0.15) is 23.4 Å². The van der Waals surface area contributed by atoms with E-state index in [1.807, 2.05) is 6.07 Å². The van der Waals surface area contributed by atoms with E-state index >= 15 is 0 Å². The van der Waals surface area contributed by atoms with Crippen molar-refractivity contribution in [3.05, 3.63) is 30.7 Å². The molecule has 2 aromatic heterocycles. The number of carbonyl (C=O) groups is 1. The van der Waals surface area contributed by atoms with Gasteiger partial charge >= 0.3 is 6.18 Å². The summed E-state index contributed by atoms with van der Waals surface area (Å²) in [4.78, 5) is 27.2. The van der Waals surface area contributed by atoms with E-state index in [1.165, 1.54) is 11.2 Å². The van der Waals surface area contributed by atoms with Gasteiger partial charge in [0.05, 0.1) is 11.4 Å². The Morgan fingerprint density at radius 1 is 1.27 bits per heavy atom. The summed E-state index contributed by atoms with van der Waals surface area (Å²) in [7, 11) is 0. The number of fused-ring (bicyclic) bond motifs is 2. The number of nitrogens with zero attached hydrogens (tertiary/aromatic N) is 4. The zero-order valence-corrected chi connectivity index (χ0v) is 14.0. The van der Waals surface area contributed by atoms with Gasteiger partial charge in [0, 0.05) is 25.8 Å². The predicted octanol–water partition coefficient (Wildman–Crippen LogP) is 2.50. The summed E-state index contributed by atoms with van der Waals surface area (Å²) in [6.07, 6.45) is 0.161. The van der Waals surface area contributed by atoms with E-state index < -0.39 is 17.7 Å². The van der Waals surface area contributed by atoms with E-state index in [-0.39, 0.29) is 12.6 Å². The number of hydrogen-bond acceptors (Lipinski definition) is 4. The number of carbonyl (C=O) groups excluding carboxylic acids is 1. The second-order valence-electron chi connectivity index (χ2n) is 6.76. The minimum absolute atomic E-state index is 0.0540. The monoisotopic (exact) mass is 365 g/mol. The molecule has 0 bridgehead atoms. The van der Waals surface area contributed by atoms with Crippen molar-refractivity contribution in [1.82, 2.24) is 19.9 Å². The summed E-state index contributed by atoms with van der Waals surface area (Å²) < 4.78 is 38.5. The Balaban J connectivity index is 1.59. The number of aromatic nitrogens is 3. The van der Waals surface area contributed by atoms with Crippen LogP contribution in [-0.4, -0.2) is 57.6 Å². The molecule has 26 heavy (non-hydrogen) atoms. The fourth-order valence-electron chi connectivity index (χ4n) is 3.99. The molecule has 1 amide bonds. The number of alkyl halides is 3. The molecular formula is C17H18F3N5O. The molecule has 0 spiro atoms. The van der Waals surface area contributed by atoms with Crippen LogP contribution in [0.2, 0.25) is 0 Å². The molecule has 2 aliphatic rings. The maximum absolute atomic E-state index is 12.8. The third-order valence-corrected chi connectivity index (χ3v) is 5.36. The van der Waals surface area contributed by atoms with Crippen LogP contribution in [0.25, 0.3) is 11.0 Å². The van der Waals surface area contributed by atoms with Crippen molar-refractivity contribution in [3.8, 4) is 0 Å². The molecule has 2 saturated heterocycles. The minimum atomic E-state index is -4.70. The number of piperidine rings is 1. The average Bonchev–Trinajstić information content (AvgIpc) is 3.25. The van der Waals surface area contributed by atoms with Gasteiger partial charge in [-0.15, -0.1) is 0 Å². The van der Waals surface area contributed by atoms with Crippen molar-refractivity contribution in [2.45, 2.75) is 25.1 Å². The molecule has 4 rings (SSSR count). The fourth-order valence-corrected chi connectivity index (χ4v) is 3.99. The van der Waals surface area contributed by atoms with Crippen molar-refractivity contribution >= 4 is 22.8 Å². The lowest BCUT2D eigenvalue weighted by molar-refractivity contribution is -0.140. The molecule has 4 heterocycles. The van der Waals surface area contributed by atoms with Crippen LogP contribution in [0.3, 0.4) is 0 Å². The van der Waals surface area contributed by atoms with Gasteiger partial charge in [-0.3, -0.25) is 4.79 Å². The molecule has 0 unspecified atom stereocenters. The number of amides is 1. The number of likely N-dealkylation sites (tertiary alicyclic amines) is 1. The largest absolute Gasteiger partial charge is 0.421 e. The topological polar surface area (TPSA) is 65.1 Å². The van der Waals surface area contributed by atoms with Gasteiger partial charge in [0.25, 0.3) is 5.91 Å². The minimum Gasteiger partial charge on any atom is -0.351 e. The smallest absolute Gasteiger partial charge is 0.351 e. The first kappa shape index (κ1) is 16.9. The number of rotatable bonds is 2. The van der Waals surface area contributed by atoms with E-state index in [1.54, 1.807) is 6.20 Å². The highest BCUT2D eigenvalue weighted by atomic mass is 19.4. The Morgan fingerprint density at radius 3 is 2.81 bits per heavy atom. The maximum Gasteiger partial charge on any atom is 0.421 e. The quantitative estimate of drug-likeness (QED) is 0.831. The lowest BCUT2D eigenvalue weighted by Crippen LogP contribution is -2.51. The normalized spacial score (nSPS) is 23.3. The third kappa shape index (κ3) is 2.71. The second-order valence-corrected chi connectivity index (χ2v) is 6.76. The van der Waals surface area contributed by atoms with Crippen molar-refractivity contribution < 1.29 is 18.0 Å². The molecule has 2 fully saturated rings. The summed E-state index contributed by atoms with van der Waals surface area (Å²) in [5.41, 5.74) is -0.594. The summed E-state index contributed by atoms with van der Waals surface area (Å²) in [6.45, 7) is 4.27. The van der Waals surface area contributed by atoms with E-state index in [2.05, 4.69) is 26.4 Å². The van der Waals surface area contributed by atoms with Crippen LogP contribution < -0.4 is 4.90 Å². The molecule has 2 aromatic rings. The van der Waals surface area contributed by atoms with Crippen LogP contribution in [0.1, 0.15) is 12.8 Å². The summed E-state index contributed by atoms with van der Waals surface area (Å²) >= 11 is 0. The van der Waals surface area contributed by atoms with Crippen LogP contribution in [0.15, 0.2) is 30.7 Å². The van der Waals surface area contributed by atoms with Gasteiger partial charge < -0.3 is 14.8 Å². The molecule has 0 aliphatic carbocycles. The Morgan fingerprint density at radius 2 is 2.04 bits per heavy atom. The molecule has 1 N–H and O–H groups in total. The van der Waals surface area contributed by atoms with Crippen molar-refractivity contribution in [2.24, 2.45) is 5.92 Å². The maximum atomic E-state index is 12.8. The third-order valence-electron chi connectivity index (χ3n) is 5.36. The molecule has 2 aliphatic heterocycles. The van der Waals surface area contributed by atoms with Crippen molar-refractivity contribution in [3.63, 3.8) is 0 Å².